The van der Waals surface area contributed by atoms with Gasteiger partial charge in [-0.3, -0.25) is 9.59 Å². The monoisotopic (exact) mass is 222 g/mol. The molecule has 15 heavy (non-hydrogen) atoms. The van der Waals surface area contributed by atoms with E-state index in [-0.39, 0.29) is 18.0 Å². The number of ether oxygens (including phenoxy) is 1. The number of thiophene rings is 1. The average Bonchev–Trinajstić information content (AvgIpc) is 2.75. The smallest absolute Gasteiger partial charge is 0.200 e. The van der Waals surface area contributed by atoms with E-state index < -0.39 is 6.10 Å². The Morgan fingerprint density at radius 1 is 1.60 bits per heavy atom. The first-order valence-corrected chi connectivity index (χ1v) is 5.50. The lowest BCUT2D eigenvalue weighted by Crippen LogP contribution is -2.19. The summed E-state index contributed by atoms with van der Waals surface area (Å²) in [6, 6.07) is 3.78. The molecule has 0 amide bonds. The van der Waals surface area contributed by atoms with Crippen molar-refractivity contribution in [3.63, 3.8) is 0 Å². The first-order valence-electron chi connectivity index (χ1n) is 4.62. The van der Waals surface area contributed by atoms with Gasteiger partial charge < -0.3 is 4.74 Å². The summed E-state index contributed by atoms with van der Waals surface area (Å²) in [4.78, 5) is 23.3. The molecule has 0 saturated carbocycles. The highest BCUT2D eigenvalue weighted by molar-refractivity contribution is 7.11. The Labute approximate surface area is 91.4 Å². The van der Waals surface area contributed by atoms with E-state index in [9.17, 15) is 9.59 Å². The molecule has 0 aliphatic carbocycles. The number of carbonyl (C=O) groups is 2. The molecule has 0 N–H and O–H groups in total. The van der Waals surface area contributed by atoms with Crippen LogP contribution in [0.15, 0.2) is 23.6 Å². The summed E-state index contributed by atoms with van der Waals surface area (Å²) in [5.41, 5.74) is 0. The van der Waals surface area contributed by atoms with Crippen molar-refractivity contribution in [3.05, 3.63) is 28.5 Å². The molecular weight excluding hydrogens is 212 g/mol. The van der Waals surface area contributed by atoms with Crippen LogP contribution in [0.25, 0.3) is 5.76 Å². The molecule has 78 valence electrons. The Kier molecular flexibility index (Phi) is 2.68. The molecule has 1 aliphatic heterocycles. The van der Waals surface area contributed by atoms with Gasteiger partial charge in [0.2, 0.25) is 0 Å². The molecule has 1 aromatic heterocycles. The molecule has 1 unspecified atom stereocenters. The maximum Gasteiger partial charge on any atom is 0.200 e. The van der Waals surface area contributed by atoms with Crippen LogP contribution < -0.4 is 0 Å². The highest BCUT2D eigenvalue weighted by Crippen LogP contribution is 2.28. The number of hydrogen-bond acceptors (Lipinski definition) is 4. The molecule has 4 heteroatoms. The number of ketones is 2. The van der Waals surface area contributed by atoms with Crippen molar-refractivity contribution in [2.24, 2.45) is 0 Å². The minimum absolute atomic E-state index is 0.0332. The SMILES string of the molecule is CC(=O)CC1OC(c2cccs2)=CC1=O. The van der Waals surface area contributed by atoms with Gasteiger partial charge in [0.15, 0.2) is 11.9 Å². The van der Waals surface area contributed by atoms with Gasteiger partial charge in [-0.05, 0) is 18.4 Å². The predicted molar refractivity (Wildman–Crippen MR) is 57.5 cm³/mol. The lowest BCUT2D eigenvalue weighted by atomic mass is 10.1. The molecule has 3 nitrogen and oxygen atoms in total. The van der Waals surface area contributed by atoms with Gasteiger partial charge in [0.1, 0.15) is 11.5 Å². The Balaban J connectivity index is 2.11. The summed E-state index contributed by atoms with van der Waals surface area (Å²) >= 11 is 1.51. The Morgan fingerprint density at radius 3 is 3.00 bits per heavy atom. The molecule has 2 rings (SSSR count). The molecule has 0 aromatic carbocycles. The second kappa shape index (κ2) is 3.98. The summed E-state index contributed by atoms with van der Waals surface area (Å²) in [6.07, 6.45) is 1.02. The Hall–Kier alpha value is -1.42. The standard InChI is InChI=1S/C11H10O3S/c1-7(12)5-9-8(13)6-10(14-9)11-3-2-4-15-11/h2-4,6,9H,5H2,1H3. The third-order valence-electron chi connectivity index (χ3n) is 2.10. The fraction of sp³-hybridized carbons (Fsp3) is 0.273. The summed E-state index contributed by atoms with van der Waals surface area (Å²) in [5, 5.41) is 1.92. The van der Waals surface area contributed by atoms with Crippen molar-refractivity contribution in [2.45, 2.75) is 19.4 Å². The van der Waals surface area contributed by atoms with Crippen LogP contribution in [-0.4, -0.2) is 17.7 Å². The van der Waals surface area contributed by atoms with Crippen molar-refractivity contribution >= 4 is 28.7 Å². The minimum atomic E-state index is -0.611. The van der Waals surface area contributed by atoms with E-state index in [1.807, 2.05) is 17.5 Å². The zero-order chi connectivity index (χ0) is 10.8. The number of rotatable bonds is 3. The summed E-state index contributed by atoms with van der Waals surface area (Å²) < 4.78 is 5.43. The quantitative estimate of drug-likeness (QED) is 0.786. The third-order valence-corrected chi connectivity index (χ3v) is 2.98. The molecule has 0 fully saturated rings. The van der Waals surface area contributed by atoms with Crippen LogP contribution in [0.4, 0.5) is 0 Å². The van der Waals surface area contributed by atoms with E-state index in [0.717, 1.165) is 4.88 Å². The van der Waals surface area contributed by atoms with E-state index in [2.05, 4.69) is 0 Å². The third kappa shape index (κ3) is 2.15. The van der Waals surface area contributed by atoms with Crippen LogP contribution in [0.5, 0.6) is 0 Å². The molecule has 0 saturated heterocycles. The van der Waals surface area contributed by atoms with Gasteiger partial charge in [-0.15, -0.1) is 11.3 Å². The van der Waals surface area contributed by atoms with Gasteiger partial charge in [0.05, 0.1) is 11.3 Å². The van der Waals surface area contributed by atoms with Crippen LogP contribution in [0, 0.1) is 0 Å². The van der Waals surface area contributed by atoms with Crippen LogP contribution in [0.1, 0.15) is 18.2 Å². The summed E-state index contributed by atoms with van der Waals surface area (Å²) in [6.45, 7) is 1.46. The van der Waals surface area contributed by atoms with Crippen LogP contribution >= 0.6 is 11.3 Å². The molecule has 1 aliphatic rings. The van der Waals surface area contributed by atoms with E-state index >= 15 is 0 Å². The second-order valence-electron chi connectivity index (χ2n) is 3.40. The average molecular weight is 222 g/mol. The number of Topliss-reactive ketones (excluding diaryl/α,β-unsaturated/α-hetero) is 1. The summed E-state index contributed by atoms with van der Waals surface area (Å²) in [7, 11) is 0. The van der Waals surface area contributed by atoms with Crippen LogP contribution in [0.3, 0.4) is 0 Å². The lowest BCUT2D eigenvalue weighted by molar-refractivity contribution is -0.126. The van der Waals surface area contributed by atoms with Gasteiger partial charge in [-0.25, -0.2) is 0 Å². The van der Waals surface area contributed by atoms with Crippen molar-refractivity contribution in [1.82, 2.24) is 0 Å². The van der Waals surface area contributed by atoms with Crippen LogP contribution in [0.2, 0.25) is 0 Å². The normalized spacial score (nSPS) is 19.9. The van der Waals surface area contributed by atoms with E-state index in [4.69, 9.17) is 4.74 Å². The van der Waals surface area contributed by atoms with Crippen molar-refractivity contribution in [3.8, 4) is 0 Å². The van der Waals surface area contributed by atoms with Gasteiger partial charge in [-0.1, -0.05) is 6.07 Å². The molecule has 1 atom stereocenters. The molecule has 2 heterocycles. The zero-order valence-corrected chi connectivity index (χ0v) is 9.04. The maximum atomic E-state index is 11.5. The zero-order valence-electron chi connectivity index (χ0n) is 8.23. The van der Waals surface area contributed by atoms with Crippen molar-refractivity contribution < 1.29 is 14.3 Å². The summed E-state index contributed by atoms with van der Waals surface area (Å²) in [5.74, 6) is 0.434. The van der Waals surface area contributed by atoms with Gasteiger partial charge >= 0.3 is 0 Å². The fourth-order valence-electron chi connectivity index (χ4n) is 1.42. The number of hydrogen-bond donors (Lipinski definition) is 0. The molecule has 0 bridgehead atoms. The second-order valence-corrected chi connectivity index (χ2v) is 4.35. The maximum absolute atomic E-state index is 11.5. The topological polar surface area (TPSA) is 43.4 Å². The minimum Gasteiger partial charge on any atom is -0.480 e. The van der Waals surface area contributed by atoms with Gasteiger partial charge in [0, 0.05) is 6.08 Å². The highest BCUT2D eigenvalue weighted by Gasteiger charge is 2.28. The molecule has 1 aromatic rings. The molecule has 0 radical (unpaired) electrons. The lowest BCUT2D eigenvalue weighted by Gasteiger charge is -2.08. The van der Waals surface area contributed by atoms with Crippen molar-refractivity contribution in [1.29, 1.82) is 0 Å². The molecule has 0 spiro atoms. The van der Waals surface area contributed by atoms with E-state index in [1.54, 1.807) is 0 Å². The predicted octanol–water partition coefficient (Wildman–Crippen LogP) is 2.04. The van der Waals surface area contributed by atoms with Gasteiger partial charge in [0.25, 0.3) is 0 Å². The number of carbonyl (C=O) groups excluding carboxylic acids is 2. The van der Waals surface area contributed by atoms with E-state index in [0.29, 0.717) is 5.76 Å². The fourth-order valence-corrected chi connectivity index (χ4v) is 2.10. The largest absolute Gasteiger partial charge is 0.480 e. The Bertz CT molecular complexity index is 417. The van der Waals surface area contributed by atoms with Crippen molar-refractivity contribution in [2.75, 3.05) is 0 Å². The highest BCUT2D eigenvalue weighted by atomic mass is 32.1. The van der Waals surface area contributed by atoms with Gasteiger partial charge in [-0.2, -0.15) is 0 Å². The Morgan fingerprint density at radius 2 is 2.40 bits per heavy atom. The first-order chi connectivity index (χ1) is 7.16. The first kappa shape index (κ1) is 10.1. The van der Waals surface area contributed by atoms with Crippen LogP contribution in [-0.2, 0) is 14.3 Å². The van der Waals surface area contributed by atoms with E-state index in [1.165, 1.54) is 24.3 Å². The molecular formula is C11H10O3S.